The molecule has 0 aromatic heterocycles. The fraction of sp³-hybridized carbons (Fsp3) is 0.953. The minimum absolute atomic E-state index is 0.109. The Balaban J connectivity index is 5.24. The van der Waals surface area contributed by atoms with Gasteiger partial charge in [0.25, 0.3) is 0 Å². The third-order valence-electron chi connectivity index (χ3n) is 20.3. The molecule has 105 heavy (non-hydrogen) atoms. The Kier molecular flexibility index (Phi) is 77.3. The van der Waals surface area contributed by atoms with E-state index < -0.39 is 97.5 Å². The first-order valence-electron chi connectivity index (χ1n) is 44.6. The summed E-state index contributed by atoms with van der Waals surface area (Å²) in [5.74, 6) is -1.28. The Morgan fingerprint density at radius 1 is 0.257 bits per heavy atom. The summed E-state index contributed by atoms with van der Waals surface area (Å²) in [6.45, 7) is 7.41. The highest BCUT2D eigenvalue weighted by Crippen LogP contribution is 2.45. The molecule has 17 nitrogen and oxygen atoms in total. The quantitative estimate of drug-likeness (QED) is 0.0222. The maximum Gasteiger partial charge on any atom is 0.472 e. The van der Waals surface area contributed by atoms with Crippen LogP contribution in [0.25, 0.3) is 0 Å². The van der Waals surface area contributed by atoms with Crippen LogP contribution in [-0.4, -0.2) is 96.7 Å². The molecule has 0 spiro atoms. The number of esters is 4. The second-order valence-electron chi connectivity index (χ2n) is 31.4. The van der Waals surface area contributed by atoms with Gasteiger partial charge in [0.15, 0.2) is 12.2 Å². The van der Waals surface area contributed by atoms with Crippen molar-refractivity contribution < 1.29 is 80.2 Å². The fourth-order valence-corrected chi connectivity index (χ4v) is 15.1. The number of hydrogen-bond acceptors (Lipinski definition) is 15. The van der Waals surface area contributed by atoms with Crippen LogP contribution in [0.2, 0.25) is 0 Å². The standard InChI is InChI=1S/C86H168O17P2/c1-6-9-12-15-18-21-24-27-28-29-33-36-41-45-50-55-60-65-70-84(89)97-76-82(103-86(91)72-67-62-57-52-47-42-37-34-31-30-32-35-40-43-48-53-58-63-68-79(4)5)78-101-105(94,95)99-74-80(87)73-98-104(92,93)100-77-81(102-85(90)71-66-61-56-51-46-39-26-23-20-17-14-11-8-3)75-96-83(88)69-64-59-54-49-44-38-25-22-19-16-13-10-7-2/h79-82,87H,6-78H2,1-5H3,(H,92,93)(H,94,95)/t80-,81+,82+/m0/s1. The van der Waals surface area contributed by atoms with E-state index in [4.69, 9.17) is 37.0 Å². The molecule has 0 bridgehead atoms. The second-order valence-corrected chi connectivity index (χ2v) is 34.3. The van der Waals surface area contributed by atoms with Crippen LogP contribution in [0, 0.1) is 5.92 Å². The summed E-state index contributed by atoms with van der Waals surface area (Å²) in [5.41, 5.74) is 0. The monoisotopic (exact) mass is 1540 g/mol. The van der Waals surface area contributed by atoms with Gasteiger partial charge in [0.05, 0.1) is 26.4 Å². The molecule has 2 unspecified atom stereocenters. The summed E-state index contributed by atoms with van der Waals surface area (Å²) in [6, 6.07) is 0. The highest BCUT2D eigenvalue weighted by atomic mass is 31.2. The lowest BCUT2D eigenvalue weighted by molar-refractivity contribution is -0.161. The highest BCUT2D eigenvalue weighted by molar-refractivity contribution is 7.47. The van der Waals surface area contributed by atoms with Gasteiger partial charge in [-0.1, -0.05) is 413 Å². The van der Waals surface area contributed by atoms with Crippen molar-refractivity contribution in [2.45, 2.75) is 483 Å². The number of unbranched alkanes of at least 4 members (excludes halogenated alkanes) is 58. The molecule has 0 saturated carbocycles. The number of carbonyl (C=O) groups is 4. The predicted molar refractivity (Wildman–Crippen MR) is 432 cm³/mol. The van der Waals surface area contributed by atoms with Crippen LogP contribution in [-0.2, 0) is 65.4 Å². The lowest BCUT2D eigenvalue weighted by Crippen LogP contribution is -2.30. The van der Waals surface area contributed by atoms with Crippen molar-refractivity contribution >= 4 is 39.5 Å². The molecule has 0 aliphatic rings. The zero-order valence-corrected chi connectivity index (χ0v) is 70.7. The molecule has 19 heteroatoms. The molecule has 624 valence electrons. The average molecular weight is 1540 g/mol. The topological polar surface area (TPSA) is 237 Å². The van der Waals surface area contributed by atoms with Crippen LogP contribution in [0.1, 0.15) is 465 Å². The zero-order valence-electron chi connectivity index (χ0n) is 68.9. The molecule has 0 amide bonds. The van der Waals surface area contributed by atoms with Gasteiger partial charge in [-0.05, 0) is 31.6 Å². The third kappa shape index (κ3) is 79.9. The van der Waals surface area contributed by atoms with E-state index in [2.05, 4.69) is 34.6 Å². The first kappa shape index (κ1) is 103. The first-order chi connectivity index (χ1) is 51.0. The third-order valence-corrected chi connectivity index (χ3v) is 22.2. The predicted octanol–water partition coefficient (Wildman–Crippen LogP) is 26.4. The van der Waals surface area contributed by atoms with E-state index >= 15 is 0 Å². The second kappa shape index (κ2) is 78.7. The van der Waals surface area contributed by atoms with E-state index in [-0.39, 0.29) is 25.7 Å². The van der Waals surface area contributed by atoms with Crippen molar-refractivity contribution in [1.29, 1.82) is 0 Å². The number of carbonyl (C=O) groups excluding carboxylic acids is 4. The van der Waals surface area contributed by atoms with Crippen LogP contribution in [0.4, 0.5) is 0 Å². The first-order valence-corrected chi connectivity index (χ1v) is 47.6. The molecule has 0 aliphatic heterocycles. The molecule has 3 N–H and O–H groups in total. The molecule has 0 saturated heterocycles. The van der Waals surface area contributed by atoms with E-state index in [9.17, 15) is 43.2 Å². The van der Waals surface area contributed by atoms with Gasteiger partial charge >= 0.3 is 39.5 Å². The van der Waals surface area contributed by atoms with Gasteiger partial charge in [-0.25, -0.2) is 9.13 Å². The SMILES string of the molecule is CCCCCCCCCCCCCCCCCCCCC(=O)OC[C@H](COP(=O)(O)OC[C@@H](O)COP(=O)(O)OC[C@@H](COC(=O)CCCCCCCCCCCCCCC)OC(=O)CCCCCCCCCCCCCCC)OC(=O)CCCCCCCCCCCCCCCCCCCCC(C)C. The van der Waals surface area contributed by atoms with E-state index in [0.29, 0.717) is 25.7 Å². The fourth-order valence-electron chi connectivity index (χ4n) is 13.5. The number of aliphatic hydroxyl groups excluding tert-OH is 1. The van der Waals surface area contributed by atoms with Crippen molar-refractivity contribution in [3.63, 3.8) is 0 Å². The molecular formula is C86H168O17P2. The summed E-state index contributed by atoms with van der Waals surface area (Å²) in [7, 11) is -9.93. The summed E-state index contributed by atoms with van der Waals surface area (Å²) in [4.78, 5) is 73.2. The molecular weight excluding hydrogens is 1370 g/mol. The number of ether oxygens (including phenoxy) is 4. The Morgan fingerprint density at radius 2 is 0.438 bits per heavy atom. The summed E-state index contributed by atoms with van der Waals surface area (Å²) in [5, 5.41) is 10.7. The molecule has 0 rings (SSSR count). The Bertz CT molecular complexity index is 2000. The van der Waals surface area contributed by atoms with Crippen molar-refractivity contribution in [2.75, 3.05) is 39.6 Å². The van der Waals surface area contributed by atoms with Gasteiger partial charge < -0.3 is 33.8 Å². The Hall–Kier alpha value is -1.94. The van der Waals surface area contributed by atoms with E-state index in [1.807, 2.05) is 0 Å². The van der Waals surface area contributed by atoms with Crippen LogP contribution < -0.4 is 0 Å². The maximum atomic E-state index is 13.1. The van der Waals surface area contributed by atoms with Gasteiger partial charge in [0.1, 0.15) is 19.3 Å². The molecule has 0 aromatic carbocycles. The van der Waals surface area contributed by atoms with Gasteiger partial charge in [-0.2, -0.15) is 0 Å². The minimum atomic E-state index is -4.97. The van der Waals surface area contributed by atoms with Crippen LogP contribution >= 0.6 is 15.6 Å². The smallest absolute Gasteiger partial charge is 0.462 e. The van der Waals surface area contributed by atoms with Gasteiger partial charge in [-0.3, -0.25) is 37.3 Å². The van der Waals surface area contributed by atoms with Gasteiger partial charge in [0, 0.05) is 25.7 Å². The van der Waals surface area contributed by atoms with Crippen LogP contribution in [0.3, 0.4) is 0 Å². The Morgan fingerprint density at radius 3 is 0.648 bits per heavy atom. The molecule has 0 fully saturated rings. The van der Waals surface area contributed by atoms with E-state index in [1.165, 1.54) is 289 Å². The number of aliphatic hydroxyl groups is 1. The van der Waals surface area contributed by atoms with Gasteiger partial charge in [0.2, 0.25) is 0 Å². The van der Waals surface area contributed by atoms with Crippen LogP contribution in [0.15, 0.2) is 0 Å². The largest absolute Gasteiger partial charge is 0.472 e. The summed E-state index contributed by atoms with van der Waals surface area (Å²) >= 11 is 0. The molecule has 0 heterocycles. The van der Waals surface area contributed by atoms with Gasteiger partial charge in [-0.15, -0.1) is 0 Å². The van der Waals surface area contributed by atoms with Crippen molar-refractivity contribution in [3.05, 3.63) is 0 Å². The Labute approximate surface area is 645 Å². The number of phosphoric acid groups is 2. The molecule has 0 aliphatic carbocycles. The highest BCUT2D eigenvalue weighted by Gasteiger charge is 2.30. The van der Waals surface area contributed by atoms with Crippen molar-refractivity contribution in [2.24, 2.45) is 5.92 Å². The van der Waals surface area contributed by atoms with E-state index in [0.717, 1.165) is 95.8 Å². The maximum absolute atomic E-state index is 13.1. The molecule has 0 aromatic rings. The van der Waals surface area contributed by atoms with Crippen molar-refractivity contribution in [3.8, 4) is 0 Å². The summed E-state index contributed by atoms with van der Waals surface area (Å²) < 4.78 is 68.9. The number of hydrogen-bond donors (Lipinski definition) is 3. The number of phosphoric ester groups is 2. The molecule has 5 atom stereocenters. The lowest BCUT2D eigenvalue weighted by Gasteiger charge is -2.21. The average Bonchev–Trinajstić information content (AvgIpc) is 0.909. The van der Waals surface area contributed by atoms with Crippen LogP contribution in [0.5, 0.6) is 0 Å². The minimum Gasteiger partial charge on any atom is -0.462 e. The number of rotatable bonds is 86. The summed E-state index contributed by atoms with van der Waals surface area (Å²) in [6.07, 6.45) is 72.1. The van der Waals surface area contributed by atoms with Crippen molar-refractivity contribution in [1.82, 2.24) is 0 Å². The zero-order chi connectivity index (χ0) is 76.9. The lowest BCUT2D eigenvalue weighted by atomic mass is 10.0. The molecule has 0 radical (unpaired) electrons. The van der Waals surface area contributed by atoms with E-state index in [1.54, 1.807) is 0 Å². The normalized spacial score (nSPS) is 13.8.